The number of aromatic nitrogens is 2. The summed E-state index contributed by atoms with van der Waals surface area (Å²) in [5, 5.41) is 3.98. The van der Waals surface area contributed by atoms with Crippen molar-refractivity contribution < 1.29 is 0 Å². The summed E-state index contributed by atoms with van der Waals surface area (Å²) in [6, 6.07) is 0. The molecule has 0 bridgehead atoms. The van der Waals surface area contributed by atoms with Gasteiger partial charge >= 0.3 is 0 Å². The van der Waals surface area contributed by atoms with Crippen LogP contribution < -0.4 is 5.32 Å². The van der Waals surface area contributed by atoms with E-state index in [9.17, 15) is 0 Å². The Balaban J connectivity index is 2.20. The van der Waals surface area contributed by atoms with E-state index in [0.29, 0.717) is 5.25 Å². The molecule has 3 nitrogen and oxygen atoms in total. The molecule has 13 heavy (non-hydrogen) atoms. The van der Waals surface area contributed by atoms with E-state index < -0.39 is 0 Å². The monoisotopic (exact) mass is 197 g/mol. The molecule has 1 aromatic rings. The standard InChI is InChI=1S/C9H15N3S/c1-8(13-2)5-11-7-9-6-10-3-4-12-9/h3-4,6,8,11H,5,7H2,1-2H3. The number of thioether (sulfide) groups is 1. The van der Waals surface area contributed by atoms with Crippen LogP contribution >= 0.6 is 11.8 Å². The fourth-order valence-electron chi connectivity index (χ4n) is 0.908. The van der Waals surface area contributed by atoms with Crippen LogP contribution in [0.2, 0.25) is 0 Å². The average molecular weight is 197 g/mol. The van der Waals surface area contributed by atoms with Crippen LogP contribution in [0.1, 0.15) is 12.6 Å². The van der Waals surface area contributed by atoms with Crippen LogP contribution in [0.3, 0.4) is 0 Å². The summed E-state index contributed by atoms with van der Waals surface area (Å²) in [7, 11) is 0. The molecule has 1 aromatic heterocycles. The zero-order valence-corrected chi connectivity index (χ0v) is 8.84. The molecule has 1 rings (SSSR count). The SMILES string of the molecule is CSC(C)CNCc1cnccn1. The maximum absolute atomic E-state index is 4.17. The smallest absolute Gasteiger partial charge is 0.0724 e. The molecule has 0 aliphatic rings. The lowest BCUT2D eigenvalue weighted by Crippen LogP contribution is -2.22. The molecule has 72 valence electrons. The van der Waals surface area contributed by atoms with Crippen molar-refractivity contribution in [1.29, 1.82) is 0 Å². The first kappa shape index (κ1) is 10.5. The number of nitrogens with zero attached hydrogens (tertiary/aromatic N) is 2. The van der Waals surface area contributed by atoms with Gasteiger partial charge in [-0.05, 0) is 6.26 Å². The molecule has 0 aliphatic carbocycles. The van der Waals surface area contributed by atoms with Crippen molar-refractivity contribution >= 4 is 11.8 Å². The van der Waals surface area contributed by atoms with Crippen LogP contribution in [-0.4, -0.2) is 28.0 Å². The summed E-state index contributed by atoms with van der Waals surface area (Å²) < 4.78 is 0. The van der Waals surface area contributed by atoms with E-state index >= 15 is 0 Å². The Morgan fingerprint density at radius 2 is 2.38 bits per heavy atom. The first-order valence-corrected chi connectivity index (χ1v) is 5.60. The molecule has 0 aromatic carbocycles. The summed E-state index contributed by atoms with van der Waals surface area (Å²) in [6.07, 6.45) is 7.31. The lowest BCUT2D eigenvalue weighted by molar-refractivity contribution is 0.670. The van der Waals surface area contributed by atoms with Gasteiger partial charge in [-0.2, -0.15) is 11.8 Å². The van der Waals surface area contributed by atoms with E-state index in [2.05, 4.69) is 28.5 Å². The van der Waals surface area contributed by atoms with E-state index in [1.165, 1.54) is 0 Å². The Hall–Kier alpha value is -0.610. The minimum absolute atomic E-state index is 0.650. The van der Waals surface area contributed by atoms with Crippen LogP contribution in [0.15, 0.2) is 18.6 Å². The normalized spacial score (nSPS) is 12.8. The Bertz CT molecular complexity index is 228. The summed E-state index contributed by atoms with van der Waals surface area (Å²) in [6.45, 7) is 4.02. The van der Waals surface area contributed by atoms with Gasteiger partial charge in [0, 0.05) is 36.9 Å². The van der Waals surface area contributed by atoms with Crippen molar-refractivity contribution in [2.75, 3.05) is 12.8 Å². The molecule has 1 unspecified atom stereocenters. The molecule has 0 saturated heterocycles. The van der Waals surface area contributed by atoms with Crippen molar-refractivity contribution in [3.05, 3.63) is 24.3 Å². The molecule has 0 radical (unpaired) electrons. The summed E-state index contributed by atoms with van der Waals surface area (Å²) in [5.74, 6) is 0. The Morgan fingerprint density at radius 1 is 1.54 bits per heavy atom. The fraction of sp³-hybridized carbons (Fsp3) is 0.556. The number of hydrogen-bond donors (Lipinski definition) is 1. The van der Waals surface area contributed by atoms with Crippen LogP contribution in [0.5, 0.6) is 0 Å². The lowest BCUT2D eigenvalue weighted by atomic mass is 10.4. The zero-order chi connectivity index (χ0) is 9.52. The number of rotatable bonds is 5. The highest BCUT2D eigenvalue weighted by molar-refractivity contribution is 7.99. The third-order valence-corrected chi connectivity index (χ3v) is 2.73. The number of hydrogen-bond acceptors (Lipinski definition) is 4. The summed E-state index contributed by atoms with van der Waals surface area (Å²) in [4.78, 5) is 8.16. The maximum Gasteiger partial charge on any atom is 0.0724 e. The molecule has 1 atom stereocenters. The van der Waals surface area contributed by atoms with Gasteiger partial charge in [-0.25, -0.2) is 0 Å². The van der Waals surface area contributed by atoms with Gasteiger partial charge in [0.1, 0.15) is 0 Å². The molecular formula is C9H15N3S. The van der Waals surface area contributed by atoms with Gasteiger partial charge in [0.05, 0.1) is 5.69 Å². The topological polar surface area (TPSA) is 37.8 Å². The Kier molecular flexibility index (Phi) is 4.78. The van der Waals surface area contributed by atoms with E-state index in [1.54, 1.807) is 18.6 Å². The van der Waals surface area contributed by atoms with Crippen molar-refractivity contribution in [2.45, 2.75) is 18.7 Å². The third-order valence-electron chi connectivity index (χ3n) is 1.76. The second-order valence-corrected chi connectivity index (χ2v) is 4.15. The third kappa shape index (κ3) is 4.24. The van der Waals surface area contributed by atoms with Crippen molar-refractivity contribution in [2.24, 2.45) is 0 Å². The second kappa shape index (κ2) is 5.94. The van der Waals surface area contributed by atoms with Crippen LogP contribution in [0, 0.1) is 0 Å². The van der Waals surface area contributed by atoms with Gasteiger partial charge in [-0.1, -0.05) is 6.92 Å². The van der Waals surface area contributed by atoms with Crippen molar-refractivity contribution in [3.8, 4) is 0 Å². The summed E-state index contributed by atoms with van der Waals surface area (Å²) in [5.41, 5.74) is 0.996. The van der Waals surface area contributed by atoms with Crippen LogP contribution in [-0.2, 0) is 6.54 Å². The molecule has 0 aliphatic heterocycles. The molecule has 4 heteroatoms. The van der Waals surface area contributed by atoms with Gasteiger partial charge in [0.15, 0.2) is 0 Å². The quantitative estimate of drug-likeness (QED) is 0.772. The Labute approximate surface area is 83.4 Å². The molecule has 1 N–H and O–H groups in total. The molecular weight excluding hydrogens is 182 g/mol. The van der Waals surface area contributed by atoms with Gasteiger partial charge in [-0.3, -0.25) is 9.97 Å². The minimum atomic E-state index is 0.650. The molecule has 1 heterocycles. The lowest BCUT2D eigenvalue weighted by Gasteiger charge is -2.08. The van der Waals surface area contributed by atoms with Gasteiger partial charge in [0.25, 0.3) is 0 Å². The van der Waals surface area contributed by atoms with Crippen molar-refractivity contribution in [1.82, 2.24) is 15.3 Å². The molecule has 0 saturated carbocycles. The molecule has 0 fully saturated rings. The van der Waals surface area contributed by atoms with Gasteiger partial charge < -0.3 is 5.32 Å². The predicted octanol–water partition coefficient (Wildman–Crippen LogP) is 1.32. The van der Waals surface area contributed by atoms with E-state index in [4.69, 9.17) is 0 Å². The summed E-state index contributed by atoms with van der Waals surface area (Å²) >= 11 is 1.86. The molecule has 0 spiro atoms. The van der Waals surface area contributed by atoms with Gasteiger partial charge in [-0.15, -0.1) is 0 Å². The Morgan fingerprint density at radius 3 is 3.00 bits per heavy atom. The van der Waals surface area contributed by atoms with Crippen LogP contribution in [0.4, 0.5) is 0 Å². The van der Waals surface area contributed by atoms with E-state index in [0.717, 1.165) is 18.8 Å². The largest absolute Gasteiger partial charge is 0.310 e. The zero-order valence-electron chi connectivity index (χ0n) is 8.03. The van der Waals surface area contributed by atoms with E-state index in [1.807, 2.05) is 11.8 Å². The maximum atomic E-state index is 4.17. The highest BCUT2D eigenvalue weighted by Gasteiger charge is 1.98. The van der Waals surface area contributed by atoms with E-state index in [-0.39, 0.29) is 0 Å². The minimum Gasteiger partial charge on any atom is -0.310 e. The highest BCUT2D eigenvalue weighted by Crippen LogP contribution is 2.02. The predicted molar refractivity (Wildman–Crippen MR) is 56.7 cm³/mol. The second-order valence-electron chi connectivity index (χ2n) is 2.87. The van der Waals surface area contributed by atoms with Crippen LogP contribution in [0.25, 0.3) is 0 Å². The first-order valence-electron chi connectivity index (χ1n) is 4.31. The number of nitrogens with one attached hydrogen (secondary N) is 1. The van der Waals surface area contributed by atoms with Crippen molar-refractivity contribution in [3.63, 3.8) is 0 Å². The first-order chi connectivity index (χ1) is 6.33. The average Bonchev–Trinajstić information content (AvgIpc) is 2.19. The fourth-order valence-corrected chi connectivity index (χ4v) is 1.19. The van der Waals surface area contributed by atoms with Gasteiger partial charge in [0.2, 0.25) is 0 Å². The highest BCUT2D eigenvalue weighted by atomic mass is 32.2. The molecule has 0 amide bonds.